The largest absolute Gasteiger partial charge is 0.444 e. The first-order valence-corrected chi connectivity index (χ1v) is 13.5. The van der Waals surface area contributed by atoms with Crippen LogP contribution in [0.15, 0.2) is 30.5 Å². The lowest BCUT2D eigenvalue weighted by Gasteiger charge is -2.34. The molecule has 0 bridgehead atoms. The summed E-state index contributed by atoms with van der Waals surface area (Å²) >= 11 is 0. The third kappa shape index (κ3) is 8.55. The van der Waals surface area contributed by atoms with Gasteiger partial charge in [-0.1, -0.05) is 24.8 Å². The lowest BCUT2D eigenvalue weighted by molar-refractivity contribution is -0.131. The van der Waals surface area contributed by atoms with Crippen LogP contribution in [-0.2, 0) is 9.53 Å². The summed E-state index contributed by atoms with van der Waals surface area (Å²) in [5.74, 6) is 6.37. The molecule has 0 spiro atoms. The predicted octanol–water partition coefficient (Wildman–Crippen LogP) is 4.19. The molecule has 1 saturated heterocycles. The molecule has 4 N–H and O–H groups in total. The van der Waals surface area contributed by atoms with Gasteiger partial charge in [-0.05, 0) is 58.7 Å². The number of aliphatic hydroxyl groups is 1. The second kappa shape index (κ2) is 13.4. The van der Waals surface area contributed by atoms with Gasteiger partial charge in [-0.2, -0.15) is 4.98 Å². The lowest BCUT2D eigenvalue weighted by atomic mass is 9.97. The second-order valence-corrected chi connectivity index (χ2v) is 10.9. The first-order chi connectivity index (χ1) is 18.9. The fourth-order valence-corrected chi connectivity index (χ4v) is 4.19. The summed E-state index contributed by atoms with van der Waals surface area (Å²) in [6, 6.07) is 6.05. The van der Waals surface area contributed by atoms with Crippen molar-refractivity contribution >= 4 is 29.5 Å². The summed E-state index contributed by atoms with van der Waals surface area (Å²) in [6.07, 6.45) is 2.30. The van der Waals surface area contributed by atoms with Crippen LogP contribution in [0.5, 0.6) is 0 Å². The van der Waals surface area contributed by atoms with Crippen molar-refractivity contribution in [1.82, 2.24) is 20.2 Å². The summed E-state index contributed by atoms with van der Waals surface area (Å²) in [5.41, 5.74) is -0.748. The van der Waals surface area contributed by atoms with Gasteiger partial charge in [0.2, 0.25) is 11.9 Å². The Bertz CT molecular complexity index is 1260. The number of ether oxygens (including phenoxy) is 1. The number of carbonyl (C=O) groups excluding carboxylic acids is 2. The molecule has 2 amide bonds. The normalized spacial score (nSPS) is 18.5. The van der Waals surface area contributed by atoms with Crippen LogP contribution in [-0.4, -0.2) is 68.9 Å². The zero-order chi connectivity index (χ0) is 29.3. The average Bonchev–Trinajstić information content (AvgIpc) is 3.20. The molecule has 216 valence electrons. The number of benzene rings is 1. The van der Waals surface area contributed by atoms with E-state index in [2.05, 4.69) is 37.8 Å². The van der Waals surface area contributed by atoms with Crippen molar-refractivity contribution in [2.75, 3.05) is 30.3 Å². The number of nitrogens with one attached hydrogen (secondary N) is 3. The maximum absolute atomic E-state index is 13.5. The third-order valence-electron chi connectivity index (χ3n) is 6.12. The fraction of sp³-hybridized carbons (Fsp3) is 0.517. The number of anilines is 3. The molecule has 0 radical (unpaired) electrons. The van der Waals surface area contributed by atoms with E-state index in [1.807, 2.05) is 6.92 Å². The molecule has 2 aromatic rings. The zero-order valence-corrected chi connectivity index (χ0v) is 23.8. The number of nitrogens with zero attached hydrogens (tertiary/aromatic N) is 3. The quantitative estimate of drug-likeness (QED) is 0.268. The molecule has 11 heteroatoms. The number of hydrogen-bond donors (Lipinski definition) is 4. The van der Waals surface area contributed by atoms with Gasteiger partial charge in [0.15, 0.2) is 0 Å². The first-order valence-electron chi connectivity index (χ1n) is 13.5. The Morgan fingerprint density at radius 2 is 2.08 bits per heavy atom. The van der Waals surface area contributed by atoms with Crippen LogP contribution in [0.3, 0.4) is 0 Å². The Morgan fingerprint density at radius 1 is 1.30 bits per heavy atom. The number of β-amino-alcohol motifs (C(OH)–C–C–N with tert-alkyl or cyclic N) is 1. The van der Waals surface area contributed by atoms with Gasteiger partial charge in [0.25, 0.3) is 0 Å². The Hall–Kier alpha value is -3.91. The van der Waals surface area contributed by atoms with Gasteiger partial charge in [-0.25, -0.2) is 14.2 Å². The molecule has 0 aliphatic carbocycles. The van der Waals surface area contributed by atoms with Crippen LogP contribution in [0.2, 0.25) is 0 Å². The molecule has 0 unspecified atom stereocenters. The Kier molecular flexibility index (Phi) is 10.3. The fourth-order valence-electron chi connectivity index (χ4n) is 4.19. The Balaban J connectivity index is 1.56. The summed E-state index contributed by atoms with van der Waals surface area (Å²) < 4.78 is 18.9. The van der Waals surface area contributed by atoms with Crippen molar-refractivity contribution in [3.63, 3.8) is 0 Å². The van der Waals surface area contributed by atoms with E-state index in [1.165, 1.54) is 17.0 Å². The van der Waals surface area contributed by atoms with Crippen LogP contribution < -0.4 is 16.0 Å². The van der Waals surface area contributed by atoms with Crippen molar-refractivity contribution < 1.29 is 23.8 Å². The highest BCUT2D eigenvalue weighted by Gasteiger charge is 2.50. The van der Waals surface area contributed by atoms with E-state index in [0.29, 0.717) is 48.9 Å². The van der Waals surface area contributed by atoms with Crippen LogP contribution >= 0.6 is 0 Å². The van der Waals surface area contributed by atoms with Crippen LogP contribution in [0.4, 0.5) is 26.6 Å². The minimum Gasteiger partial charge on any atom is -0.444 e. The molecule has 1 aliphatic heterocycles. The lowest BCUT2D eigenvalue weighted by Crippen LogP contribution is -2.56. The molecule has 1 aromatic carbocycles. The van der Waals surface area contributed by atoms with E-state index in [-0.39, 0.29) is 24.7 Å². The van der Waals surface area contributed by atoms with Crippen molar-refractivity contribution in [2.24, 2.45) is 0 Å². The van der Waals surface area contributed by atoms with E-state index in [1.54, 1.807) is 46.0 Å². The molecule has 1 aromatic heterocycles. The van der Waals surface area contributed by atoms with E-state index in [0.717, 1.165) is 6.42 Å². The number of aliphatic hydroxyl groups excluding tert-OH is 1. The van der Waals surface area contributed by atoms with Gasteiger partial charge < -0.3 is 25.8 Å². The topological polar surface area (TPSA) is 129 Å². The van der Waals surface area contributed by atoms with E-state index in [9.17, 15) is 19.1 Å². The van der Waals surface area contributed by atoms with Gasteiger partial charge in [-0.15, -0.1) is 0 Å². The molecule has 2 atom stereocenters. The van der Waals surface area contributed by atoms with Gasteiger partial charge in [-0.3, -0.25) is 9.69 Å². The number of halogens is 1. The summed E-state index contributed by atoms with van der Waals surface area (Å²) in [4.78, 5) is 35.8. The van der Waals surface area contributed by atoms with E-state index < -0.39 is 23.3 Å². The molecule has 1 aliphatic rings. The monoisotopic (exact) mass is 554 g/mol. The van der Waals surface area contributed by atoms with Crippen molar-refractivity contribution in [1.29, 1.82) is 0 Å². The standard InChI is InChI=1S/C29H39FN6O4/c1-6-14-31-24-20(18-33-26(35-24)34-22-13-10-12-21(30)16-22)11-8-7-9-15-32-25(38)29(5)17-23(37)19-36(29)27(39)40-28(2,3)4/h10,12-13,16,18,23,37H,6-7,9,14-15,17,19H2,1-5H3,(H,32,38)(H2,31,33,34,35)/t23-,29-/m0/s1. The summed E-state index contributed by atoms with van der Waals surface area (Å²) in [7, 11) is 0. The van der Waals surface area contributed by atoms with E-state index >= 15 is 0 Å². The molecule has 1 fully saturated rings. The third-order valence-corrected chi connectivity index (χ3v) is 6.12. The molecule has 40 heavy (non-hydrogen) atoms. The molecular weight excluding hydrogens is 515 g/mol. The van der Waals surface area contributed by atoms with Crippen molar-refractivity contribution in [3.05, 3.63) is 41.8 Å². The minimum absolute atomic E-state index is 0.0390. The number of amides is 2. The Morgan fingerprint density at radius 3 is 2.77 bits per heavy atom. The van der Waals surface area contributed by atoms with Crippen molar-refractivity contribution in [2.45, 2.75) is 77.5 Å². The average molecular weight is 555 g/mol. The van der Waals surface area contributed by atoms with Gasteiger partial charge in [0, 0.05) is 31.6 Å². The van der Waals surface area contributed by atoms with Crippen molar-refractivity contribution in [3.8, 4) is 11.8 Å². The Labute approximate surface area is 235 Å². The van der Waals surface area contributed by atoms with E-state index in [4.69, 9.17) is 4.74 Å². The zero-order valence-electron chi connectivity index (χ0n) is 23.8. The minimum atomic E-state index is -1.20. The molecule has 2 heterocycles. The highest BCUT2D eigenvalue weighted by Crippen LogP contribution is 2.31. The maximum Gasteiger partial charge on any atom is 0.411 e. The summed E-state index contributed by atoms with van der Waals surface area (Å²) in [5, 5.41) is 19.3. The smallest absolute Gasteiger partial charge is 0.411 e. The van der Waals surface area contributed by atoms with Gasteiger partial charge in [0.1, 0.15) is 22.8 Å². The number of likely N-dealkylation sites (tertiary alicyclic amines) is 1. The molecule has 3 rings (SSSR count). The number of rotatable bonds is 9. The highest BCUT2D eigenvalue weighted by molar-refractivity contribution is 5.90. The second-order valence-electron chi connectivity index (χ2n) is 10.9. The maximum atomic E-state index is 13.5. The van der Waals surface area contributed by atoms with Crippen LogP contribution in [0, 0.1) is 17.7 Å². The SMILES string of the molecule is CCCNc1nc(Nc2cccc(F)c2)ncc1C#CCCCNC(=O)[C@]1(C)C[C@H](O)CN1C(=O)OC(C)(C)C. The predicted molar refractivity (Wildman–Crippen MR) is 152 cm³/mol. The number of carbonyl (C=O) groups is 2. The molecule has 10 nitrogen and oxygen atoms in total. The highest BCUT2D eigenvalue weighted by atomic mass is 19.1. The molecule has 0 saturated carbocycles. The number of unbranched alkanes of at least 4 members (excludes halogenated alkanes) is 1. The van der Waals surface area contributed by atoms with Gasteiger partial charge >= 0.3 is 6.09 Å². The first kappa shape index (κ1) is 30.6. The number of hydrogen-bond acceptors (Lipinski definition) is 8. The van der Waals surface area contributed by atoms with Crippen LogP contribution in [0.25, 0.3) is 0 Å². The van der Waals surface area contributed by atoms with Gasteiger partial charge in [0.05, 0.1) is 24.4 Å². The molecular formula is C29H39FN6O4. The number of aromatic nitrogens is 2. The van der Waals surface area contributed by atoms with Crippen LogP contribution in [0.1, 0.15) is 65.9 Å². The summed E-state index contributed by atoms with van der Waals surface area (Å²) in [6.45, 7) is 10.0.